The molecule has 0 aliphatic carbocycles. The number of hydrogen-bond donors (Lipinski definition) is 0. The van der Waals surface area contributed by atoms with Gasteiger partial charge in [0.05, 0.1) is 24.1 Å². The maximum Gasteiger partial charge on any atom is 0.223 e. The van der Waals surface area contributed by atoms with E-state index in [-0.39, 0.29) is 11.4 Å². The second kappa shape index (κ2) is 4.36. The number of aromatic nitrogens is 3. The Bertz CT molecular complexity index is 499. The highest BCUT2D eigenvalue weighted by Crippen LogP contribution is 2.20. The molecule has 0 saturated carbocycles. The summed E-state index contributed by atoms with van der Waals surface area (Å²) in [5.74, 6) is 0.120. The van der Waals surface area contributed by atoms with Crippen LogP contribution in [0.3, 0.4) is 0 Å². The second-order valence-electron chi connectivity index (χ2n) is 3.23. The second-order valence-corrected chi connectivity index (χ2v) is 3.23. The van der Waals surface area contributed by atoms with Gasteiger partial charge in [0.15, 0.2) is 5.82 Å². The van der Waals surface area contributed by atoms with Gasteiger partial charge in [0.2, 0.25) is 11.7 Å². The summed E-state index contributed by atoms with van der Waals surface area (Å²) in [5.41, 5.74) is 0.875. The standard InChI is InChI=1S/C10H10FN3O2/c1-6-13-10(14-16-6)8-3-7(5-15-2)12-4-9(8)11/h3-4H,5H2,1-2H3. The highest BCUT2D eigenvalue weighted by atomic mass is 19.1. The summed E-state index contributed by atoms with van der Waals surface area (Å²) in [4.78, 5) is 7.83. The number of halogens is 1. The first kappa shape index (κ1) is 10.7. The molecule has 0 atom stereocenters. The van der Waals surface area contributed by atoms with E-state index in [1.54, 1.807) is 20.1 Å². The largest absolute Gasteiger partial charge is 0.378 e. The van der Waals surface area contributed by atoms with Crippen molar-refractivity contribution in [1.82, 2.24) is 15.1 Å². The Morgan fingerprint density at radius 2 is 2.31 bits per heavy atom. The molecule has 0 unspecified atom stereocenters. The highest BCUT2D eigenvalue weighted by molar-refractivity contribution is 5.55. The average molecular weight is 223 g/mol. The van der Waals surface area contributed by atoms with Gasteiger partial charge in [-0.3, -0.25) is 4.98 Å². The summed E-state index contributed by atoms with van der Waals surface area (Å²) in [6, 6.07) is 1.54. The van der Waals surface area contributed by atoms with Crippen LogP contribution in [0.5, 0.6) is 0 Å². The van der Waals surface area contributed by atoms with Crippen LogP contribution in [-0.2, 0) is 11.3 Å². The van der Waals surface area contributed by atoms with Crippen LogP contribution in [0.2, 0.25) is 0 Å². The number of ether oxygens (including phenoxy) is 1. The van der Waals surface area contributed by atoms with Gasteiger partial charge in [-0.05, 0) is 6.07 Å². The lowest BCUT2D eigenvalue weighted by Crippen LogP contribution is -1.96. The summed E-state index contributed by atoms with van der Waals surface area (Å²) in [6.45, 7) is 1.95. The number of nitrogens with zero attached hydrogens (tertiary/aromatic N) is 3. The Kier molecular flexibility index (Phi) is 2.91. The van der Waals surface area contributed by atoms with Crippen molar-refractivity contribution >= 4 is 0 Å². The number of hydrogen-bond acceptors (Lipinski definition) is 5. The first-order valence-electron chi connectivity index (χ1n) is 4.64. The van der Waals surface area contributed by atoms with Crippen molar-refractivity contribution in [1.29, 1.82) is 0 Å². The molecule has 16 heavy (non-hydrogen) atoms. The zero-order chi connectivity index (χ0) is 11.5. The molecule has 0 spiro atoms. The summed E-state index contributed by atoms with van der Waals surface area (Å²) < 4.78 is 23.2. The Morgan fingerprint density at radius 3 is 2.94 bits per heavy atom. The van der Waals surface area contributed by atoms with Crippen molar-refractivity contribution < 1.29 is 13.7 Å². The Labute approximate surface area is 91.3 Å². The van der Waals surface area contributed by atoms with E-state index in [2.05, 4.69) is 15.1 Å². The highest BCUT2D eigenvalue weighted by Gasteiger charge is 2.12. The molecule has 0 radical (unpaired) electrons. The van der Waals surface area contributed by atoms with Crippen LogP contribution in [0, 0.1) is 12.7 Å². The van der Waals surface area contributed by atoms with Gasteiger partial charge in [-0.1, -0.05) is 5.16 Å². The van der Waals surface area contributed by atoms with Crippen LogP contribution in [-0.4, -0.2) is 22.2 Å². The predicted molar refractivity (Wildman–Crippen MR) is 52.9 cm³/mol. The first-order valence-corrected chi connectivity index (χ1v) is 4.64. The molecule has 0 aromatic carbocycles. The maximum absolute atomic E-state index is 13.5. The predicted octanol–water partition coefficient (Wildman–Crippen LogP) is 1.73. The molecule has 2 aromatic heterocycles. The van der Waals surface area contributed by atoms with Crippen LogP contribution in [0.25, 0.3) is 11.4 Å². The van der Waals surface area contributed by atoms with E-state index < -0.39 is 5.82 Å². The molecule has 0 bridgehead atoms. The minimum absolute atomic E-state index is 0.217. The summed E-state index contributed by atoms with van der Waals surface area (Å²) in [5, 5.41) is 3.65. The van der Waals surface area contributed by atoms with Crippen LogP contribution >= 0.6 is 0 Å². The zero-order valence-electron chi connectivity index (χ0n) is 8.90. The van der Waals surface area contributed by atoms with Crippen LogP contribution in [0.15, 0.2) is 16.8 Å². The number of rotatable bonds is 3. The molecule has 0 aliphatic heterocycles. The molecule has 2 rings (SSSR count). The minimum atomic E-state index is -0.486. The molecule has 6 heteroatoms. The molecular weight excluding hydrogens is 213 g/mol. The number of methoxy groups -OCH3 is 1. The van der Waals surface area contributed by atoms with Gasteiger partial charge in [-0.2, -0.15) is 4.98 Å². The summed E-state index contributed by atoms with van der Waals surface area (Å²) >= 11 is 0. The quantitative estimate of drug-likeness (QED) is 0.792. The monoisotopic (exact) mass is 223 g/mol. The van der Waals surface area contributed by atoms with Gasteiger partial charge in [0.25, 0.3) is 0 Å². The van der Waals surface area contributed by atoms with Crippen molar-refractivity contribution in [2.24, 2.45) is 0 Å². The third-order valence-corrected chi connectivity index (χ3v) is 1.97. The zero-order valence-corrected chi connectivity index (χ0v) is 8.90. The van der Waals surface area contributed by atoms with Gasteiger partial charge in [0, 0.05) is 14.0 Å². The lowest BCUT2D eigenvalue weighted by Gasteiger charge is -2.01. The number of aryl methyl sites for hydroxylation is 1. The molecule has 2 heterocycles. The van der Waals surface area contributed by atoms with Crippen molar-refractivity contribution in [3.8, 4) is 11.4 Å². The molecule has 0 N–H and O–H groups in total. The number of pyridine rings is 1. The van der Waals surface area contributed by atoms with E-state index in [1.165, 1.54) is 0 Å². The van der Waals surface area contributed by atoms with E-state index in [0.717, 1.165) is 6.20 Å². The molecule has 0 saturated heterocycles. The van der Waals surface area contributed by atoms with Gasteiger partial charge in [0.1, 0.15) is 0 Å². The van der Waals surface area contributed by atoms with Crippen molar-refractivity contribution in [3.63, 3.8) is 0 Å². The summed E-state index contributed by atoms with van der Waals surface area (Å²) in [6.07, 6.45) is 1.12. The Hall–Kier alpha value is -1.82. The van der Waals surface area contributed by atoms with Crippen molar-refractivity contribution in [3.05, 3.63) is 29.7 Å². The topological polar surface area (TPSA) is 61.0 Å². The van der Waals surface area contributed by atoms with Gasteiger partial charge >= 0.3 is 0 Å². The lowest BCUT2D eigenvalue weighted by atomic mass is 10.2. The average Bonchev–Trinajstić information content (AvgIpc) is 2.68. The molecule has 0 amide bonds. The van der Waals surface area contributed by atoms with Crippen molar-refractivity contribution in [2.75, 3.05) is 7.11 Å². The fraction of sp³-hybridized carbons (Fsp3) is 0.300. The third-order valence-electron chi connectivity index (χ3n) is 1.97. The molecule has 0 fully saturated rings. The van der Waals surface area contributed by atoms with Gasteiger partial charge in [-0.15, -0.1) is 0 Å². The van der Waals surface area contributed by atoms with Crippen molar-refractivity contribution in [2.45, 2.75) is 13.5 Å². The normalized spacial score (nSPS) is 10.7. The molecule has 2 aromatic rings. The maximum atomic E-state index is 13.5. The SMILES string of the molecule is COCc1cc(-c2noc(C)n2)c(F)cn1. The Balaban J connectivity index is 2.42. The van der Waals surface area contributed by atoms with E-state index in [1.807, 2.05) is 0 Å². The van der Waals surface area contributed by atoms with E-state index >= 15 is 0 Å². The smallest absolute Gasteiger partial charge is 0.223 e. The fourth-order valence-corrected chi connectivity index (χ4v) is 1.29. The van der Waals surface area contributed by atoms with E-state index in [9.17, 15) is 4.39 Å². The Morgan fingerprint density at radius 1 is 1.50 bits per heavy atom. The van der Waals surface area contributed by atoms with Gasteiger partial charge < -0.3 is 9.26 Å². The molecular formula is C10H10FN3O2. The molecule has 84 valence electrons. The third kappa shape index (κ3) is 2.06. The fourth-order valence-electron chi connectivity index (χ4n) is 1.29. The van der Waals surface area contributed by atoms with Crippen LogP contribution in [0.1, 0.15) is 11.6 Å². The molecule has 0 aliphatic rings. The van der Waals surface area contributed by atoms with Crippen LogP contribution < -0.4 is 0 Å². The van der Waals surface area contributed by atoms with E-state index in [4.69, 9.17) is 9.26 Å². The molecule has 5 nitrogen and oxygen atoms in total. The van der Waals surface area contributed by atoms with Crippen LogP contribution in [0.4, 0.5) is 4.39 Å². The van der Waals surface area contributed by atoms with Gasteiger partial charge in [-0.25, -0.2) is 4.39 Å². The minimum Gasteiger partial charge on any atom is -0.378 e. The first-order chi connectivity index (χ1) is 7.70. The lowest BCUT2D eigenvalue weighted by molar-refractivity contribution is 0.181. The van der Waals surface area contributed by atoms with E-state index in [0.29, 0.717) is 18.2 Å². The summed E-state index contributed by atoms with van der Waals surface area (Å²) in [7, 11) is 1.54.